The number of fused-ring (bicyclic) bond motifs is 1. The standard InChI is InChI=1S/C23H34N2O3/c1-3-28-22-10-7-18(13-17(22)2)5-4-6-23(26)24-11-12-25-20(14-24)15-27-16-21(25)19-8-9-19/h7,10,13,19-21H,3-6,8-9,11-12,14-16H2,1-2H3/t20-,21-/m1/s1. The van der Waals surface area contributed by atoms with Crippen molar-refractivity contribution in [3.05, 3.63) is 29.3 Å². The minimum Gasteiger partial charge on any atom is -0.494 e. The van der Waals surface area contributed by atoms with Crippen molar-refractivity contribution in [2.24, 2.45) is 5.92 Å². The Hall–Kier alpha value is -1.59. The molecule has 0 aromatic heterocycles. The number of amides is 1. The molecule has 28 heavy (non-hydrogen) atoms. The first-order chi connectivity index (χ1) is 13.7. The number of hydrogen-bond acceptors (Lipinski definition) is 4. The molecule has 154 valence electrons. The van der Waals surface area contributed by atoms with Gasteiger partial charge in [-0.3, -0.25) is 9.69 Å². The molecule has 0 radical (unpaired) electrons. The van der Waals surface area contributed by atoms with E-state index in [0.717, 1.165) is 57.4 Å². The number of morpholine rings is 1. The first-order valence-electron chi connectivity index (χ1n) is 11.0. The molecule has 3 fully saturated rings. The molecular formula is C23H34N2O3. The molecule has 1 aliphatic carbocycles. The van der Waals surface area contributed by atoms with Crippen LogP contribution in [-0.4, -0.2) is 67.2 Å². The average Bonchev–Trinajstić information content (AvgIpc) is 3.54. The summed E-state index contributed by atoms with van der Waals surface area (Å²) >= 11 is 0. The highest BCUT2D eigenvalue weighted by atomic mass is 16.5. The number of piperazine rings is 1. The largest absolute Gasteiger partial charge is 0.494 e. The summed E-state index contributed by atoms with van der Waals surface area (Å²) in [5.41, 5.74) is 2.45. The van der Waals surface area contributed by atoms with Crippen LogP contribution in [0.2, 0.25) is 0 Å². The highest BCUT2D eigenvalue weighted by Gasteiger charge is 2.43. The van der Waals surface area contributed by atoms with Crippen molar-refractivity contribution in [2.75, 3.05) is 39.5 Å². The lowest BCUT2D eigenvalue weighted by molar-refractivity contribution is -0.140. The second kappa shape index (κ2) is 8.83. The van der Waals surface area contributed by atoms with Gasteiger partial charge in [0.2, 0.25) is 5.91 Å². The third-order valence-electron chi connectivity index (χ3n) is 6.47. The van der Waals surface area contributed by atoms with Crippen molar-refractivity contribution in [1.29, 1.82) is 0 Å². The number of nitrogens with zero attached hydrogens (tertiary/aromatic N) is 2. The van der Waals surface area contributed by atoms with Gasteiger partial charge in [-0.1, -0.05) is 12.1 Å². The summed E-state index contributed by atoms with van der Waals surface area (Å²) in [6.45, 7) is 9.17. The Kier molecular flexibility index (Phi) is 6.22. The van der Waals surface area contributed by atoms with Crippen molar-refractivity contribution >= 4 is 5.91 Å². The van der Waals surface area contributed by atoms with Gasteiger partial charge >= 0.3 is 0 Å². The van der Waals surface area contributed by atoms with E-state index in [-0.39, 0.29) is 0 Å². The van der Waals surface area contributed by atoms with Crippen LogP contribution < -0.4 is 4.74 Å². The van der Waals surface area contributed by atoms with Crippen LogP contribution in [-0.2, 0) is 16.0 Å². The third-order valence-corrected chi connectivity index (χ3v) is 6.47. The van der Waals surface area contributed by atoms with Crippen LogP contribution in [0.15, 0.2) is 18.2 Å². The Morgan fingerprint density at radius 1 is 1.25 bits per heavy atom. The molecule has 3 aliphatic rings. The number of rotatable bonds is 7. The fourth-order valence-electron chi connectivity index (χ4n) is 4.78. The summed E-state index contributed by atoms with van der Waals surface area (Å²) in [5.74, 6) is 2.10. The predicted molar refractivity (Wildman–Crippen MR) is 110 cm³/mol. The first kappa shape index (κ1) is 19.7. The Labute approximate surface area is 169 Å². The molecule has 1 aromatic carbocycles. The molecule has 5 heteroatoms. The summed E-state index contributed by atoms with van der Waals surface area (Å²) in [4.78, 5) is 17.4. The van der Waals surface area contributed by atoms with E-state index in [9.17, 15) is 4.79 Å². The molecule has 4 rings (SSSR count). The second-order valence-corrected chi connectivity index (χ2v) is 8.56. The molecule has 2 atom stereocenters. The summed E-state index contributed by atoms with van der Waals surface area (Å²) in [6.07, 6.45) is 5.18. The Morgan fingerprint density at radius 3 is 2.86 bits per heavy atom. The normalized spacial score (nSPS) is 25.4. The van der Waals surface area contributed by atoms with Gasteiger partial charge in [0, 0.05) is 32.1 Å². The molecule has 2 aliphatic heterocycles. The van der Waals surface area contributed by atoms with Crippen molar-refractivity contribution in [2.45, 2.75) is 58.0 Å². The number of hydrogen-bond donors (Lipinski definition) is 0. The molecule has 0 spiro atoms. The van der Waals surface area contributed by atoms with Gasteiger partial charge in [0.25, 0.3) is 0 Å². The van der Waals surface area contributed by atoms with Gasteiger partial charge in [0.15, 0.2) is 0 Å². The number of carbonyl (C=O) groups excluding carboxylic acids is 1. The number of ether oxygens (including phenoxy) is 2. The Balaban J connectivity index is 1.24. The van der Waals surface area contributed by atoms with Gasteiger partial charge in [0.1, 0.15) is 5.75 Å². The molecule has 1 aromatic rings. The molecule has 5 nitrogen and oxygen atoms in total. The van der Waals surface area contributed by atoms with Crippen molar-refractivity contribution in [3.63, 3.8) is 0 Å². The highest BCUT2D eigenvalue weighted by Crippen LogP contribution is 2.38. The van der Waals surface area contributed by atoms with E-state index >= 15 is 0 Å². The quantitative estimate of drug-likeness (QED) is 0.722. The van der Waals surface area contributed by atoms with Crippen LogP contribution in [0.25, 0.3) is 0 Å². The van der Waals surface area contributed by atoms with Crippen LogP contribution in [0.3, 0.4) is 0 Å². The number of carbonyl (C=O) groups is 1. The minimum absolute atomic E-state index is 0.302. The molecule has 0 unspecified atom stereocenters. The molecule has 1 saturated carbocycles. The van der Waals surface area contributed by atoms with E-state index in [0.29, 0.717) is 31.0 Å². The maximum atomic E-state index is 12.7. The Morgan fingerprint density at radius 2 is 2.11 bits per heavy atom. The SMILES string of the molecule is CCOc1ccc(CCCC(=O)N2CCN3[C@@H](COC[C@@H]3C3CC3)C2)cc1C. The fraction of sp³-hybridized carbons (Fsp3) is 0.696. The molecule has 0 N–H and O–H groups in total. The molecule has 2 heterocycles. The van der Waals surface area contributed by atoms with E-state index in [4.69, 9.17) is 9.47 Å². The maximum Gasteiger partial charge on any atom is 0.222 e. The number of benzene rings is 1. The lowest BCUT2D eigenvalue weighted by Crippen LogP contribution is -2.63. The first-order valence-corrected chi connectivity index (χ1v) is 11.0. The zero-order valence-electron chi connectivity index (χ0n) is 17.4. The zero-order chi connectivity index (χ0) is 19.5. The molecule has 1 amide bonds. The lowest BCUT2D eigenvalue weighted by atomic mass is 10.0. The second-order valence-electron chi connectivity index (χ2n) is 8.56. The van der Waals surface area contributed by atoms with Crippen LogP contribution >= 0.6 is 0 Å². The Bertz CT molecular complexity index is 688. The van der Waals surface area contributed by atoms with Gasteiger partial charge in [-0.05, 0) is 62.6 Å². The summed E-state index contributed by atoms with van der Waals surface area (Å²) < 4.78 is 11.5. The van der Waals surface area contributed by atoms with Crippen LogP contribution in [0.1, 0.15) is 43.7 Å². The molecule has 2 saturated heterocycles. The number of aryl methyl sites for hydroxylation is 2. The van der Waals surface area contributed by atoms with Crippen LogP contribution in [0.4, 0.5) is 0 Å². The zero-order valence-corrected chi connectivity index (χ0v) is 17.4. The predicted octanol–water partition coefficient (Wildman–Crippen LogP) is 3.04. The van der Waals surface area contributed by atoms with Gasteiger partial charge in [0.05, 0.1) is 25.9 Å². The van der Waals surface area contributed by atoms with Crippen LogP contribution in [0, 0.1) is 12.8 Å². The average molecular weight is 387 g/mol. The van der Waals surface area contributed by atoms with E-state index < -0.39 is 0 Å². The van der Waals surface area contributed by atoms with E-state index in [2.05, 4.69) is 34.9 Å². The van der Waals surface area contributed by atoms with Crippen molar-refractivity contribution < 1.29 is 14.3 Å². The topological polar surface area (TPSA) is 42.0 Å². The summed E-state index contributed by atoms with van der Waals surface area (Å²) in [7, 11) is 0. The van der Waals surface area contributed by atoms with Gasteiger partial charge in [-0.25, -0.2) is 0 Å². The minimum atomic E-state index is 0.302. The smallest absolute Gasteiger partial charge is 0.222 e. The van der Waals surface area contributed by atoms with E-state index in [1.54, 1.807) is 0 Å². The van der Waals surface area contributed by atoms with E-state index in [1.165, 1.54) is 24.0 Å². The molecular weight excluding hydrogens is 352 g/mol. The summed E-state index contributed by atoms with van der Waals surface area (Å²) in [5, 5.41) is 0. The molecule has 0 bridgehead atoms. The van der Waals surface area contributed by atoms with Gasteiger partial charge < -0.3 is 14.4 Å². The van der Waals surface area contributed by atoms with Gasteiger partial charge in [-0.2, -0.15) is 0 Å². The monoisotopic (exact) mass is 386 g/mol. The fourth-order valence-corrected chi connectivity index (χ4v) is 4.78. The van der Waals surface area contributed by atoms with Gasteiger partial charge in [-0.15, -0.1) is 0 Å². The van der Waals surface area contributed by atoms with Crippen LogP contribution in [0.5, 0.6) is 5.75 Å². The summed E-state index contributed by atoms with van der Waals surface area (Å²) in [6, 6.07) is 7.35. The highest BCUT2D eigenvalue weighted by molar-refractivity contribution is 5.76. The van der Waals surface area contributed by atoms with Crippen molar-refractivity contribution in [3.8, 4) is 5.75 Å². The maximum absolute atomic E-state index is 12.7. The van der Waals surface area contributed by atoms with E-state index in [1.807, 2.05) is 6.92 Å². The lowest BCUT2D eigenvalue weighted by Gasteiger charge is -2.48. The van der Waals surface area contributed by atoms with Crippen molar-refractivity contribution in [1.82, 2.24) is 9.80 Å². The third kappa shape index (κ3) is 4.52.